The van der Waals surface area contributed by atoms with Gasteiger partial charge in [0.15, 0.2) is 0 Å². The van der Waals surface area contributed by atoms with Gasteiger partial charge in [-0.15, -0.1) is 0 Å². The summed E-state index contributed by atoms with van der Waals surface area (Å²) in [7, 11) is 0. The third-order valence-corrected chi connectivity index (χ3v) is 1.95. The highest BCUT2D eigenvalue weighted by Gasteiger charge is 2.12. The maximum absolute atomic E-state index is 11.1. The van der Waals surface area contributed by atoms with E-state index in [1.165, 1.54) is 0 Å². The molecule has 0 saturated carbocycles. The number of unbranched alkanes of at least 4 members (excludes halogenated alkanes) is 1. The second kappa shape index (κ2) is 8.19. The van der Waals surface area contributed by atoms with E-state index in [0.717, 1.165) is 12.8 Å². The quantitative estimate of drug-likeness (QED) is 0.390. The number of rotatable bonds is 8. The number of carbonyl (C=O) groups is 2. The van der Waals surface area contributed by atoms with Gasteiger partial charge in [0.25, 0.3) is 0 Å². The Morgan fingerprint density at radius 1 is 1.33 bits per heavy atom. The molecule has 6 heteroatoms. The molecule has 0 radical (unpaired) electrons. The van der Waals surface area contributed by atoms with Gasteiger partial charge in [0, 0.05) is 13.0 Å². The van der Waals surface area contributed by atoms with Crippen LogP contribution in [0.5, 0.6) is 0 Å². The standard InChI is InChI=1S/C9H19N3O3/c10-5-1-2-6-12-8(13)4-3-7(11)9(14)15/h7H,1-6,10-11H2,(H,12,13)(H,14,15)/t7-/m0/s1. The van der Waals surface area contributed by atoms with Gasteiger partial charge in [-0.3, -0.25) is 9.59 Å². The molecule has 0 aliphatic heterocycles. The number of aliphatic carboxylic acids is 1. The number of nitrogens with one attached hydrogen (secondary N) is 1. The first-order valence-corrected chi connectivity index (χ1v) is 5.03. The van der Waals surface area contributed by atoms with Crippen LogP contribution in [-0.4, -0.2) is 36.1 Å². The van der Waals surface area contributed by atoms with Crippen LogP contribution >= 0.6 is 0 Å². The summed E-state index contributed by atoms with van der Waals surface area (Å²) in [5.41, 5.74) is 10.5. The number of carboxylic acids is 1. The van der Waals surface area contributed by atoms with Crippen molar-refractivity contribution in [3.05, 3.63) is 0 Å². The van der Waals surface area contributed by atoms with Crippen LogP contribution in [-0.2, 0) is 9.59 Å². The Morgan fingerprint density at radius 2 is 2.00 bits per heavy atom. The molecule has 0 rings (SSSR count). The topological polar surface area (TPSA) is 118 Å². The van der Waals surface area contributed by atoms with Gasteiger partial charge in [0.1, 0.15) is 6.04 Å². The normalized spacial score (nSPS) is 12.1. The third-order valence-electron chi connectivity index (χ3n) is 1.95. The lowest BCUT2D eigenvalue weighted by atomic mass is 10.1. The highest BCUT2D eigenvalue weighted by molar-refractivity contribution is 5.78. The molecule has 0 heterocycles. The first-order valence-electron chi connectivity index (χ1n) is 5.03. The molecule has 6 nitrogen and oxygen atoms in total. The molecule has 0 aliphatic carbocycles. The van der Waals surface area contributed by atoms with Crippen molar-refractivity contribution in [3.8, 4) is 0 Å². The Bertz CT molecular complexity index is 209. The molecule has 15 heavy (non-hydrogen) atoms. The Morgan fingerprint density at radius 3 is 2.53 bits per heavy atom. The fourth-order valence-corrected chi connectivity index (χ4v) is 0.996. The highest BCUT2D eigenvalue weighted by atomic mass is 16.4. The van der Waals surface area contributed by atoms with Crippen molar-refractivity contribution in [1.29, 1.82) is 0 Å². The van der Waals surface area contributed by atoms with Crippen LogP contribution in [0.4, 0.5) is 0 Å². The molecular weight excluding hydrogens is 198 g/mol. The predicted octanol–water partition coefficient (Wildman–Crippen LogP) is -0.966. The van der Waals surface area contributed by atoms with E-state index in [9.17, 15) is 9.59 Å². The van der Waals surface area contributed by atoms with Crippen molar-refractivity contribution in [1.82, 2.24) is 5.32 Å². The fraction of sp³-hybridized carbons (Fsp3) is 0.778. The molecule has 0 spiro atoms. The van der Waals surface area contributed by atoms with E-state index >= 15 is 0 Å². The number of hydrogen-bond acceptors (Lipinski definition) is 4. The lowest BCUT2D eigenvalue weighted by Crippen LogP contribution is -2.33. The summed E-state index contributed by atoms with van der Waals surface area (Å²) in [5.74, 6) is -1.24. The molecular formula is C9H19N3O3. The Hall–Kier alpha value is -1.14. The second-order valence-corrected chi connectivity index (χ2v) is 3.33. The molecule has 0 aromatic rings. The van der Waals surface area contributed by atoms with E-state index in [-0.39, 0.29) is 18.7 Å². The molecule has 1 atom stereocenters. The van der Waals surface area contributed by atoms with Crippen LogP contribution in [0.1, 0.15) is 25.7 Å². The molecule has 0 saturated heterocycles. The van der Waals surface area contributed by atoms with Crippen molar-refractivity contribution in [3.63, 3.8) is 0 Å². The van der Waals surface area contributed by atoms with Gasteiger partial charge >= 0.3 is 5.97 Å². The molecule has 6 N–H and O–H groups in total. The van der Waals surface area contributed by atoms with Gasteiger partial charge in [0.2, 0.25) is 5.91 Å². The molecule has 0 aliphatic rings. The van der Waals surface area contributed by atoms with Crippen LogP contribution in [0, 0.1) is 0 Å². The van der Waals surface area contributed by atoms with Gasteiger partial charge in [0.05, 0.1) is 0 Å². The maximum atomic E-state index is 11.1. The van der Waals surface area contributed by atoms with Crippen molar-refractivity contribution in [2.24, 2.45) is 11.5 Å². The average molecular weight is 217 g/mol. The van der Waals surface area contributed by atoms with Crippen molar-refractivity contribution in [2.45, 2.75) is 31.7 Å². The van der Waals surface area contributed by atoms with Crippen LogP contribution in [0.3, 0.4) is 0 Å². The minimum absolute atomic E-state index is 0.149. The number of carbonyl (C=O) groups excluding carboxylic acids is 1. The van der Waals surface area contributed by atoms with Gasteiger partial charge in [-0.1, -0.05) is 0 Å². The molecule has 1 amide bonds. The summed E-state index contributed by atoms with van der Waals surface area (Å²) >= 11 is 0. The average Bonchev–Trinajstić information content (AvgIpc) is 2.20. The lowest BCUT2D eigenvalue weighted by molar-refractivity contribution is -0.138. The lowest BCUT2D eigenvalue weighted by Gasteiger charge is -2.06. The highest BCUT2D eigenvalue weighted by Crippen LogP contribution is 1.94. The van der Waals surface area contributed by atoms with Gasteiger partial charge in [-0.25, -0.2) is 0 Å². The van der Waals surface area contributed by atoms with Crippen LogP contribution in [0.25, 0.3) is 0 Å². The number of carboxylic acid groups (broad SMARTS) is 1. The summed E-state index contributed by atoms with van der Waals surface area (Å²) in [4.78, 5) is 21.5. The summed E-state index contributed by atoms with van der Waals surface area (Å²) < 4.78 is 0. The first-order chi connectivity index (χ1) is 7.07. The third kappa shape index (κ3) is 7.90. The number of hydrogen-bond donors (Lipinski definition) is 4. The maximum Gasteiger partial charge on any atom is 0.320 e. The smallest absolute Gasteiger partial charge is 0.320 e. The summed E-state index contributed by atoms with van der Waals surface area (Å²) in [6.07, 6.45) is 2.02. The van der Waals surface area contributed by atoms with Gasteiger partial charge in [-0.2, -0.15) is 0 Å². The van der Waals surface area contributed by atoms with Crippen molar-refractivity contribution < 1.29 is 14.7 Å². The molecule has 0 aromatic heterocycles. The molecule has 88 valence electrons. The first kappa shape index (κ1) is 13.9. The van der Waals surface area contributed by atoms with Crippen LogP contribution in [0.2, 0.25) is 0 Å². The number of nitrogens with two attached hydrogens (primary N) is 2. The van der Waals surface area contributed by atoms with Crippen LogP contribution in [0.15, 0.2) is 0 Å². The second-order valence-electron chi connectivity index (χ2n) is 3.33. The summed E-state index contributed by atoms with van der Waals surface area (Å²) in [6.45, 7) is 1.19. The SMILES string of the molecule is NCCCCNC(=O)CC[C@H](N)C(=O)O. The minimum atomic E-state index is -1.08. The summed E-state index contributed by atoms with van der Waals surface area (Å²) in [5, 5.41) is 11.1. The molecule has 0 unspecified atom stereocenters. The van der Waals surface area contributed by atoms with Crippen molar-refractivity contribution in [2.75, 3.05) is 13.1 Å². The van der Waals surface area contributed by atoms with E-state index < -0.39 is 12.0 Å². The molecule has 0 bridgehead atoms. The zero-order valence-electron chi connectivity index (χ0n) is 8.74. The predicted molar refractivity (Wildman–Crippen MR) is 56.1 cm³/mol. The Balaban J connectivity index is 3.45. The Kier molecular flexibility index (Phi) is 7.57. The fourth-order valence-electron chi connectivity index (χ4n) is 0.996. The zero-order chi connectivity index (χ0) is 11.7. The summed E-state index contributed by atoms with van der Waals surface area (Å²) in [6, 6.07) is -0.959. The zero-order valence-corrected chi connectivity index (χ0v) is 8.74. The number of amides is 1. The van der Waals surface area contributed by atoms with E-state index in [4.69, 9.17) is 16.6 Å². The monoisotopic (exact) mass is 217 g/mol. The van der Waals surface area contributed by atoms with E-state index in [2.05, 4.69) is 5.32 Å². The van der Waals surface area contributed by atoms with Gasteiger partial charge in [-0.05, 0) is 25.8 Å². The van der Waals surface area contributed by atoms with Crippen molar-refractivity contribution >= 4 is 11.9 Å². The minimum Gasteiger partial charge on any atom is -0.480 e. The van der Waals surface area contributed by atoms with E-state index in [0.29, 0.717) is 13.1 Å². The molecule has 0 fully saturated rings. The Labute approximate surface area is 89.0 Å². The van der Waals surface area contributed by atoms with Crippen LogP contribution < -0.4 is 16.8 Å². The molecule has 0 aromatic carbocycles. The van der Waals surface area contributed by atoms with E-state index in [1.54, 1.807) is 0 Å². The van der Waals surface area contributed by atoms with E-state index in [1.807, 2.05) is 0 Å². The largest absolute Gasteiger partial charge is 0.480 e. The van der Waals surface area contributed by atoms with Gasteiger partial charge < -0.3 is 21.9 Å².